The first kappa shape index (κ1) is 26.7. The minimum atomic E-state index is -3.39. The standard InChI is InChI=1S/C26H27N3O5S.H2O/c1-26(2,3)22-15-20(29-23(30)10-11-27-25(29)31)14-21(24(22)34-4)18-7-6-17-13-19(28-35(5,32)33)9-8-16(17)12-18;/h6-15,28H,1-5H3,(H,27,31);1H2. The Balaban J connectivity index is 0.00000361. The number of hydrogen-bond donors (Lipinski definition) is 2. The van der Waals surface area contributed by atoms with E-state index in [0.717, 1.165) is 38.3 Å². The first-order chi connectivity index (χ1) is 16.4. The van der Waals surface area contributed by atoms with Crippen LogP contribution in [0.3, 0.4) is 0 Å². The van der Waals surface area contributed by atoms with Crippen LogP contribution in [0.1, 0.15) is 26.3 Å². The molecule has 0 aliphatic heterocycles. The van der Waals surface area contributed by atoms with Crippen molar-refractivity contribution in [1.82, 2.24) is 9.55 Å². The number of sulfonamides is 1. The molecule has 0 amide bonds. The zero-order valence-corrected chi connectivity index (χ0v) is 21.5. The Morgan fingerprint density at radius 2 is 1.61 bits per heavy atom. The second-order valence-electron chi connectivity index (χ2n) is 9.43. The van der Waals surface area contributed by atoms with Crippen molar-refractivity contribution in [2.45, 2.75) is 26.2 Å². The molecule has 190 valence electrons. The summed E-state index contributed by atoms with van der Waals surface area (Å²) in [5, 5.41) is 1.74. The summed E-state index contributed by atoms with van der Waals surface area (Å²) in [6.45, 7) is 6.10. The van der Waals surface area contributed by atoms with Crippen LogP contribution in [0.2, 0.25) is 0 Å². The molecule has 3 aromatic carbocycles. The lowest BCUT2D eigenvalue weighted by molar-refractivity contribution is 0.399. The Kier molecular flexibility index (Phi) is 7.15. The molecule has 0 aliphatic carbocycles. The van der Waals surface area contributed by atoms with E-state index in [0.29, 0.717) is 17.1 Å². The van der Waals surface area contributed by atoms with Gasteiger partial charge in [-0.2, -0.15) is 0 Å². The number of aromatic amines is 1. The first-order valence-electron chi connectivity index (χ1n) is 10.9. The Bertz CT molecular complexity index is 1640. The van der Waals surface area contributed by atoms with Gasteiger partial charge in [0.05, 0.1) is 19.1 Å². The van der Waals surface area contributed by atoms with Crippen LogP contribution >= 0.6 is 0 Å². The number of nitrogens with one attached hydrogen (secondary N) is 2. The summed E-state index contributed by atoms with van der Waals surface area (Å²) in [5.41, 5.74) is 2.00. The van der Waals surface area contributed by atoms with E-state index in [4.69, 9.17) is 4.74 Å². The molecule has 1 aromatic heterocycles. The molecular formula is C26H29N3O6S. The lowest BCUT2D eigenvalue weighted by atomic mass is 9.83. The number of benzene rings is 3. The van der Waals surface area contributed by atoms with E-state index < -0.39 is 21.3 Å². The second-order valence-corrected chi connectivity index (χ2v) is 11.2. The molecule has 0 radical (unpaired) electrons. The molecule has 0 saturated heterocycles. The lowest BCUT2D eigenvalue weighted by Gasteiger charge is -2.25. The Hall–Kier alpha value is -3.89. The number of fused-ring (bicyclic) bond motifs is 1. The second kappa shape index (κ2) is 9.63. The van der Waals surface area contributed by atoms with E-state index in [9.17, 15) is 18.0 Å². The molecule has 0 unspecified atom stereocenters. The van der Waals surface area contributed by atoms with E-state index in [2.05, 4.69) is 9.71 Å². The van der Waals surface area contributed by atoms with Crippen LogP contribution in [0.25, 0.3) is 27.6 Å². The number of anilines is 1. The number of nitrogens with zero attached hydrogens (tertiary/aromatic N) is 1. The van der Waals surface area contributed by atoms with Crippen LogP contribution in [0.15, 0.2) is 70.4 Å². The van der Waals surface area contributed by atoms with Gasteiger partial charge in [0.1, 0.15) is 5.75 Å². The monoisotopic (exact) mass is 511 g/mol. The van der Waals surface area contributed by atoms with Gasteiger partial charge >= 0.3 is 5.69 Å². The molecule has 4 N–H and O–H groups in total. The molecule has 9 nitrogen and oxygen atoms in total. The van der Waals surface area contributed by atoms with E-state index in [1.54, 1.807) is 25.3 Å². The van der Waals surface area contributed by atoms with Gasteiger partial charge in [-0.15, -0.1) is 0 Å². The van der Waals surface area contributed by atoms with Gasteiger partial charge in [0.2, 0.25) is 10.0 Å². The molecule has 36 heavy (non-hydrogen) atoms. The van der Waals surface area contributed by atoms with Gasteiger partial charge in [-0.1, -0.05) is 39.0 Å². The zero-order valence-electron chi connectivity index (χ0n) is 20.7. The largest absolute Gasteiger partial charge is 0.496 e. The van der Waals surface area contributed by atoms with E-state index >= 15 is 0 Å². The number of hydrogen-bond acceptors (Lipinski definition) is 5. The van der Waals surface area contributed by atoms with E-state index in [1.807, 2.05) is 51.1 Å². The summed E-state index contributed by atoms with van der Waals surface area (Å²) < 4.78 is 32.6. The fourth-order valence-electron chi connectivity index (χ4n) is 4.09. The summed E-state index contributed by atoms with van der Waals surface area (Å²) in [6.07, 6.45) is 2.43. The third-order valence-corrected chi connectivity index (χ3v) is 6.26. The van der Waals surface area contributed by atoms with Crippen molar-refractivity contribution in [3.8, 4) is 22.6 Å². The fraction of sp³-hybridized carbons (Fsp3) is 0.231. The minimum absolute atomic E-state index is 0. The van der Waals surface area contributed by atoms with Crippen molar-refractivity contribution >= 4 is 26.5 Å². The highest BCUT2D eigenvalue weighted by Crippen LogP contribution is 2.41. The molecule has 10 heteroatoms. The van der Waals surface area contributed by atoms with Gasteiger partial charge < -0.3 is 15.2 Å². The Morgan fingerprint density at radius 3 is 2.22 bits per heavy atom. The van der Waals surface area contributed by atoms with Crippen molar-refractivity contribution in [2.75, 3.05) is 18.1 Å². The van der Waals surface area contributed by atoms with Crippen LogP contribution in [-0.2, 0) is 15.4 Å². The normalized spacial score (nSPS) is 11.7. The lowest BCUT2D eigenvalue weighted by Crippen LogP contribution is -2.32. The maximum atomic E-state index is 12.6. The molecule has 0 bridgehead atoms. The number of H-pyrrole nitrogens is 1. The average Bonchev–Trinajstić information content (AvgIpc) is 2.76. The maximum absolute atomic E-state index is 12.6. The van der Waals surface area contributed by atoms with Crippen molar-refractivity contribution in [2.24, 2.45) is 0 Å². The van der Waals surface area contributed by atoms with Gasteiger partial charge in [0.15, 0.2) is 0 Å². The number of aromatic nitrogens is 2. The minimum Gasteiger partial charge on any atom is -0.496 e. The highest BCUT2D eigenvalue weighted by atomic mass is 32.2. The van der Waals surface area contributed by atoms with E-state index in [-0.39, 0.29) is 10.9 Å². The molecule has 0 aliphatic rings. The van der Waals surface area contributed by atoms with E-state index in [1.165, 1.54) is 12.3 Å². The smallest absolute Gasteiger partial charge is 0.332 e. The van der Waals surface area contributed by atoms with Gasteiger partial charge in [-0.3, -0.25) is 9.52 Å². The Labute approximate surface area is 208 Å². The van der Waals surface area contributed by atoms with Crippen molar-refractivity contribution in [3.63, 3.8) is 0 Å². The van der Waals surface area contributed by atoms with Crippen LogP contribution in [0.4, 0.5) is 5.69 Å². The van der Waals surface area contributed by atoms with Gasteiger partial charge in [-0.05, 0) is 52.1 Å². The molecule has 1 heterocycles. The van der Waals surface area contributed by atoms with Gasteiger partial charge in [-0.25, -0.2) is 17.8 Å². The summed E-state index contributed by atoms with van der Waals surface area (Å²) in [4.78, 5) is 27.7. The van der Waals surface area contributed by atoms with Crippen molar-refractivity contribution < 1.29 is 18.6 Å². The fourth-order valence-corrected chi connectivity index (χ4v) is 4.65. The van der Waals surface area contributed by atoms with Crippen LogP contribution in [-0.4, -0.2) is 36.8 Å². The number of ether oxygens (including phenoxy) is 1. The third kappa shape index (κ3) is 5.34. The third-order valence-electron chi connectivity index (χ3n) is 5.65. The molecule has 0 fully saturated rings. The predicted octanol–water partition coefficient (Wildman–Crippen LogP) is 3.20. The highest BCUT2D eigenvalue weighted by molar-refractivity contribution is 7.92. The van der Waals surface area contributed by atoms with Gasteiger partial charge in [0, 0.05) is 29.1 Å². The SMILES string of the molecule is COc1c(-c2ccc3cc(NS(C)(=O)=O)ccc3c2)cc(-n2c(=O)cc[nH]c2=O)cc1C(C)(C)C.O. The predicted molar refractivity (Wildman–Crippen MR) is 143 cm³/mol. The maximum Gasteiger partial charge on any atom is 0.332 e. The number of methoxy groups -OCH3 is 1. The molecule has 4 rings (SSSR count). The number of rotatable bonds is 5. The molecular weight excluding hydrogens is 482 g/mol. The summed E-state index contributed by atoms with van der Waals surface area (Å²) in [5.74, 6) is 0.649. The topological polar surface area (TPSA) is 142 Å². The zero-order chi connectivity index (χ0) is 25.5. The highest BCUT2D eigenvalue weighted by Gasteiger charge is 2.24. The van der Waals surface area contributed by atoms with Crippen LogP contribution in [0.5, 0.6) is 5.75 Å². The Morgan fingerprint density at radius 1 is 0.944 bits per heavy atom. The van der Waals surface area contributed by atoms with Crippen molar-refractivity contribution in [3.05, 3.63) is 87.2 Å². The van der Waals surface area contributed by atoms with Crippen molar-refractivity contribution in [1.29, 1.82) is 0 Å². The quantitative estimate of drug-likeness (QED) is 0.423. The molecule has 0 saturated carbocycles. The molecule has 0 spiro atoms. The van der Waals surface area contributed by atoms with Crippen LogP contribution in [0, 0.1) is 0 Å². The summed E-state index contributed by atoms with van der Waals surface area (Å²) >= 11 is 0. The first-order valence-corrected chi connectivity index (χ1v) is 12.8. The molecule has 0 atom stereocenters. The summed E-state index contributed by atoms with van der Waals surface area (Å²) in [7, 11) is -1.79. The van der Waals surface area contributed by atoms with Crippen LogP contribution < -0.4 is 20.7 Å². The molecule has 4 aromatic rings. The summed E-state index contributed by atoms with van der Waals surface area (Å²) in [6, 6.07) is 15.9. The average molecular weight is 512 g/mol. The van der Waals surface area contributed by atoms with Gasteiger partial charge in [0.25, 0.3) is 5.56 Å².